The molecule has 8 nitrogen and oxygen atoms in total. The van der Waals surface area contributed by atoms with Crippen LogP contribution >= 0.6 is 0 Å². The van der Waals surface area contributed by atoms with Crippen molar-refractivity contribution in [3.05, 3.63) is 11.6 Å². The van der Waals surface area contributed by atoms with Crippen LogP contribution < -0.4 is 5.73 Å². The Morgan fingerprint density at radius 1 is 1.36 bits per heavy atom. The van der Waals surface area contributed by atoms with E-state index in [1.807, 2.05) is 6.08 Å². The fourth-order valence-electron chi connectivity index (χ4n) is 5.73. The number of carboxylic acids is 2. The molecule has 3 aliphatic heterocycles. The molecule has 0 aromatic rings. The van der Waals surface area contributed by atoms with Crippen LogP contribution in [0.4, 0.5) is 0 Å². The zero-order chi connectivity index (χ0) is 17.9. The topological polar surface area (TPSA) is 130 Å². The van der Waals surface area contributed by atoms with Crippen molar-refractivity contribution in [3.63, 3.8) is 0 Å². The highest BCUT2D eigenvalue weighted by Crippen LogP contribution is 2.57. The molecule has 3 fully saturated rings. The molecule has 1 aliphatic carbocycles. The number of Topliss-reactive ketones (excluding diaryl/α,β-unsaturated/α-hetero) is 1. The minimum Gasteiger partial charge on any atom is -0.481 e. The fourth-order valence-corrected chi connectivity index (χ4v) is 5.73. The normalized spacial score (nSPS) is 42.4. The summed E-state index contributed by atoms with van der Waals surface area (Å²) in [5.41, 5.74) is 6.59. The highest BCUT2D eigenvalue weighted by atomic mass is 16.5. The molecule has 8 heteroatoms. The van der Waals surface area contributed by atoms with E-state index in [0.717, 1.165) is 0 Å². The molecule has 2 bridgehead atoms. The second kappa shape index (κ2) is 5.62. The van der Waals surface area contributed by atoms with Crippen molar-refractivity contribution >= 4 is 17.7 Å². The third-order valence-electron chi connectivity index (χ3n) is 6.74. The van der Waals surface area contributed by atoms with Gasteiger partial charge in [0, 0.05) is 24.5 Å². The molecule has 1 saturated carbocycles. The van der Waals surface area contributed by atoms with E-state index in [9.17, 15) is 24.6 Å². The Hall–Kier alpha value is -1.77. The van der Waals surface area contributed by atoms with Gasteiger partial charge in [-0.05, 0) is 25.3 Å². The Bertz CT molecular complexity index is 676. The van der Waals surface area contributed by atoms with Crippen molar-refractivity contribution in [1.29, 1.82) is 0 Å². The van der Waals surface area contributed by atoms with Gasteiger partial charge in [0.2, 0.25) is 5.78 Å². The van der Waals surface area contributed by atoms with Gasteiger partial charge < -0.3 is 20.7 Å². The molecule has 4 rings (SSSR count). The predicted octanol–water partition coefficient (Wildman–Crippen LogP) is -0.522. The lowest BCUT2D eigenvalue weighted by Crippen LogP contribution is -2.68. The van der Waals surface area contributed by atoms with Gasteiger partial charge in [0.25, 0.3) is 0 Å². The van der Waals surface area contributed by atoms with E-state index < -0.39 is 35.3 Å². The standard InChI is InChI=1S/C17H22N2O6/c18-14-13-9-5-11-17(14,15(22)16(23)24)2-3-19(11)7-8(9)1-4-25-10(13)6-12(20)21/h1,9-11,13-14H,2-7,18H2,(H,20,21)(H,23,24)/t9-,10+,11-,13+,14-,17+/m1/s1. The molecule has 0 amide bonds. The highest BCUT2D eigenvalue weighted by Gasteiger charge is 2.66. The van der Waals surface area contributed by atoms with Crippen LogP contribution in [0, 0.1) is 17.3 Å². The number of hydrogen-bond donors (Lipinski definition) is 3. The molecule has 25 heavy (non-hydrogen) atoms. The first kappa shape index (κ1) is 16.7. The largest absolute Gasteiger partial charge is 0.481 e. The van der Waals surface area contributed by atoms with Gasteiger partial charge in [-0.25, -0.2) is 4.79 Å². The van der Waals surface area contributed by atoms with Crippen LogP contribution in [0.3, 0.4) is 0 Å². The van der Waals surface area contributed by atoms with Gasteiger partial charge in [0.05, 0.1) is 24.5 Å². The monoisotopic (exact) mass is 350 g/mol. The molecule has 2 saturated heterocycles. The van der Waals surface area contributed by atoms with Crippen molar-refractivity contribution in [1.82, 2.24) is 4.90 Å². The Morgan fingerprint density at radius 2 is 2.12 bits per heavy atom. The van der Waals surface area contributed by atoms with Gasteiger partial charge in [-0.1, -0.05) is 11.6 Å². The van der Waals surface area contributed by atoms with Gasteiger partial charge in [-0.15, -0.1) is 0 Å². The van der Waals surface area contributed by atoms with Gasteiger partial charge in [0.1, 0.15) is 0 Å². The molecule has 0 aromatic heterocycles. The summed E-state index contributed by atoms with van der Waals surface area (Å²) in [6.07, 6.45) is 2.25. The molecule has 136 valence electrons. The minimum atomic E-state index is -1.46. The summed E-state index contributed by atoms with van der Waals surface area (Å²) in [5.74, 6) is -3.58. The number of rotatable bonds is 4. The maximum Gasteiger partial charge on any atom is 0.372 e. The number of carbonyl (C=O) groups is 3. The number of nitrogens with two attached hydrogens (primary N) is 1. The van der Waals surface area contributed by atoms with E-state index in [1.54, 1.807) is 0 Å². The van der Waals surface area contributed by atoms with Crippen LogP contribution in [0.5, 0.6) is 0 Å². The van der Waals surface area contributed by atoms with Crippen LogP contribution in [0.15, 0.2) is 11.6 Å². The van der Waals surface area contributed by atoms with E-state index in [1.165, 1.54) is 5.57 Å². The first-order valence-electron chi connectivity index (χ1n) is 8.66. The Labute approximate surface area is 144 Å². The average molecular weight is 350 g/mol. The Balaban J connectivity index is 1.81. The van der Waals surface area contributed by atoms with Crippen molar-refractivity contribution in [2.75, 3.05) is 19.7 Å². The summed E-state index contributed by atoms with van der Waals surface area (Å²) < 4.78 is 5.78. The number of aliphatic carboxylic acids is 2. The first-order chi connectivity index (χ1) is 11.9. The molecule has 4 aliphatic rings. The van der Waals surface area contributed by atoms with Crippen LogP contribution in [0.25, 0.3) is 0 Å². The van der Waals surface area contributed by atoms with Crippen molar-refractivity contribution in [2.45, 2.75) is 37.5 Å². The number of ketones is 1. The molecular formula is C17H22N2O6. The van der Waals surface area contributed by atoms with Gasteiger partial charge in [0.15, 0.2) is 0 Å². The van der Waals surface area contributed by atoms with Crippen molar-refractivity contribution < 1.29 is 29.3 Å². The van der Waals surface area contributed by atoms with Gasteiger partial charge >= 0.3 is 11.9 Å². The molecule has 0 aromatic carbocycles. The number of carbonyl (C=O) groups excluding carboxylic acids is 1. The summed E-state index contributed by atoms with van der Waals surface area (Å²) in [6.45, 7) is 1.64. The number of hydrogen-bond acceptors (Lipinski definition) is 6. The Kier molecular flexibility index (Phi) is 3.75. The smallest absolute Gasteiger partial charge is 0.372 e. The first-order valence-corrected chi connectivity index (χ1v) is 8.66. The lowest BCUT2D eigenvalue weighted by molar-refractivity contribution is -0.161. The maximum atomic E-state index is 12.7. The van der Waals surface area contributed by atoms with E-state index in [2.05, 4.69) is 4.90 Å². The zero-order valence-electron chi connectivity index (χ0n) is 13.8. The van der Waals surface area contributed by atoms with E-state index >= 15 is 0 Å². The van der Waals surface area contributed by atoms with Gasteiger partial charge in [-0.2, -0.15) is 0 Å². The maximum absolute atomic E-state index is 12.7. The fraction of sp³-hybridized carbons (Fsp3) is 0.706. The molecule has 3 heterocycles. The number of carboxylic acid groups (broad SMARTS) is 2. The summed E-state index contributed by atoms with van der Waals surface area (Å²) in [5, 5.41) is 18.6. The summed E-state index contributed by atoms with van der Waals surface area (Å²) in [4.78, 5) is 37.7. The van der Waals surface area contributed by atoms with Crippen molar-refractivity contribution in [3.8, 4) is 0 Å². The lowest BCUT2D eigenvalue weighted by Gasteiger charge is -2.55. The minimum absolute atomic E-state index is 0.0518. The van der Waals surface area contributed by atoms with E-state index in [-0.39, 0.29) is 24.3 Å². The third-order valence-corrected chi connectivity index (χ3v) is 6.74. The molecule has 4 N–H and O–H groups in total. The predicted molar refractivity (Wildman–Crippen MR) is 84.7 cm³/mol. The summed E-state index contributed by atoms with van der Waals surface area (Å²) >= 11 is 0. The number of ether oxygens (including phenoxy) is 1. The average Bonchev–Trinajstić information content (AvgIpc) is 2.85. The van der Waals surface area contributed by atoms with Gasteiger partial charge in [-0.3, -0.25) is 14.5 Å². The zero-order valence-corrected chi connectivity index (χ0v) is 13.8. The van der Waals surface area contributed by atoms with Crippen LogP contribution in [-0.2, 0) is 19.1 Å². The second-order valence-electron chi connectivity index (χ2n) is 7.60. The molecule has 0 radical (unpaired) electrons. The lowest BCUT2D eigenvalue weighted by atomic mass is 9.54. The van der Waals surface area contributed by atoms with Crippen LogP contribution in [-0.4, -0.2) is 70.7 Å². The molecular weight excluding hydrogens is 328 g/mol. The second-order valence-corrected chi connectivity index (χ2v) is 7.60. The van der Waals surface area contributed by atoms with Crippen molar-refractivity contribution in [2.24, 2.45) is 23.0 Å². The van der Waals surface area contributed by atoms with E-state index in [4.69, 9.17) is 10.5 Å². The van der Waals surface area contributed by atoms with Crippen LogP contribution in [0.1, 0.15) is 19.3 Å². The molecule has 6 atom stereocenters. The molecule has 0 unspecified atom stereocenters. The summed E-state index contributed by atoms with van der Waals surface area (Å²) in [6, 6.07) is -0.913. The van der Waals surface area contributed by atoms with E-state index in [0.29, 0.717) is 32.5 Å². The van der Waals surface area contributed by atoms with Crippen LogP contribution in [0.2, 0.25) is 0 Å². The third kappa shape index (κ3) is 2.21. The number of nitrogens with zero attached hydrogens (tertiary/aromatic N) is 1. The number of piperidine rings is 1. The summed E-state index contributed by atoms with van der Waals surface area (Å²) in [7, 11) is 0. The Morgan fingerprint density at radius 3 is 2.80 bits per heavy atom. The highest BCUT2D eigenvalue weighted by molar-refractivity contribution is 6.35. The molecule has 0 spiro atoms. The quantitative estimate of drug-likeness (QED) is 0.456. The SMILES string of the molecule is N[C@@H]1[C@@H]2[C@H](CC(=O)O)OCC=C3CN4CC[C@]1(C(=O)C(=O)O)[C@H]4C[C@H]32.